The van der Waals surface area contributed by atoms with Gasteiger partial charge in [-0.15, -0.1) is 0 Å². The minimum Gasteiger partial charge on any atom is -0.435 e. The Hall–Kier alpha value is -0.423. The van der Waals surface area contributed by atoms with Crippen LogP contribution in [0.4, 0.5) is 0 Å². The van der Waals surface area contributed by atoms with Gasteiger partial charge in [0.15, 0.2) is 0 Å². The molecule has 0 atom stereocenters. The summed E-state index contributed by atoms with van der Waals surface area (Å²) >= 11 is 0. The lowest BCUT2D eigenvalue weighted by Crippen LogP contribution is -2.55. The first-order valence-electron chi connectivity index (χ1n) is 3.37. The largest absolute Gasteiger partial charge is 0.776 e. The van der Waals surface area contributed by atoms with E-state index < -0.39 is 15.1 Å². The van der Waals surface area contributed by atoms with Gasteiger partial charge in [0, 0.05) is 0 Å². The fourth-order valence-electron chi connectivity index (χ4n) is 1.17. The highest BCUT2D eigenvalue weighted by molar-refractivity contribution is 6.28. The molecule has 4 nitrogen and oxygen atoms in total. The second kappa shape index (κ2) is 2.03. The number of rotatable bonds is 0. The zero-order valence-corrected chi connectivity index (χ0v) is 6.46. The Morgan fingerprint density at radius 1 is 1.30 bits per heavy atom. The molecule has 0 saturated carbocycles. The summed E-state index contributed by atoms with van der Waals surface area (Å²) in [6, 6.07) is 0. The third-order valence-corrected chi connectivity index (χ3v) is 2.63. The normalized spacial score (nSPS) is 28.6. The Morgan fingerprint density at radius 3 is 2.60 bits per heavy atom. The van der Waals surface area contributed by atoms with Gasteiger partial charge in [-0.3, -0.25) is 4.46 Å². The third-order valence-electron chi connectivity index (χ3n) is 1.68. The Balaban J connectivity index is 1.96. The molecule has 0 unspecified atom stereocenters. The van der Waals surface area contributed by atoms with E-state index in [-0.39, 0.29) is 0 Å². The molecule has 2 heterocycles. The minimum atomic E-state index is -2.17. The molecule has 10 heavy (non-hydrogen) atoms. The quantitative estimate of drug-likeness (QED) is 0.478. The maximum Gasteiger partial charge on any atom is 0.776 e. The van der Waals surface area contributed by atoms with Crippen LogP contribution in [-0.4, -0.2) is 21.8 Å². The summed E-state index contributed by atoms with van der Waals surface area (Å²) in [6.07, 6.45) is 2.77. The predicted octanol–water partition coefficient (Wildman–Crippen LogP) is 0.303. The van der Waals surface area contributed by atoms with Crippen LogP contribution in [0, 0.1) is 0 Å². The molecule has 2 aliphatic heterocycles. The van der Waals surface area contributed by atoms with Gasteiger partial charge >= 0.3 is 15.1 Å². The molecule has 56 valence electrons. The van der Waals surface area contributed by atoms with Crippen molar-refractivity contribution >= 4 is 9.17 Å². The van der Waals surface area contributed by atoms with Crippen molar-refractivity contribution in [2.75, 3.05) is 6.61 Å². The van der Waals surface area contributed by atoms with E-state index >= 15 is 0 Å². The Bertz CT molecular complexity index is 153. The van der Waals surface area contributed by atoms with Crippen molar-refractivity contribution in [3.63, 3.8) is 0 Å². The van der Waals surface area contributed by atoms with Crippen molar-refractivity contribution in [1.29, 1.82) is 0 Å². The van der Waals surface area contributed by atoms with Gasteiger partial charge in [0.2, 0.25) is 0 Å². The molecule has 0 amide bonds. The van der Waals surface area contributed by atoms with E-state index in [2.05, 4.69) is 0 Å². The summed E-state index contributed by atoms with van der Waals surface area (Å²) in [5.41, 5.74) is 0. The summed E-state index contributed by atoms with van der Waals surface area (Å²) in [5.74, 6) is -0.895. The van der Waals surface area contributed by atoms with E-state index in [1.807, 2.05) is 0 Å². The first-order chi connectivity index (χ1) is 4.81. The van der Waals surface area contributed by atoms with Gasteiger partial charge in [0.05, 0.1) is 13.0 Å². The highest BCUT2D eigenvalue weighted by atomic mass is 28.3. The van der Waals surface area contributed by atoms with Gasteiger partial charge in [-0.25, -0.2) is 0 Å². The zero-order chi connectivity index (χ0) is 7.03. The summed E-state index contributed by atoms with van der Waals surface area (Å²) < 4.78 is 25.3. The SMILES string of the molecule is O=[Si]1OC2(CCCCO2)O1. The van der Waals surface area contributed by atoms with E-state index in [0.29, 0.717) is 13.0 Å². The van der Waals surface area contributed by atoms with Gasteiger partial charge in [-0.1, -0.05) is 0 Å². The molecule has 2 fully saturated rings. The number of hydrogen-bond donors (Lipinski definition) is 0. The summed E-state index contributed by atoms with van der Waals surface area (Å²) in [7, 11) is -2.17. The molecule has 0 aromatic carbocycles. The number of ether oxygens (including phenoxy) is 1. The summed E-state index contributed by atoms with van der Waals surface area (Å²) in [4.78, 5) is 0. The monoisotopic (exact) mass is 160 g/mol. The van der Waals surface area contributed by atoms with E-state index in [4.69, 9.17) is 13.6 Å². The van der Waals surface area contributed by atoms with Crippen molar-refractivity contribution in [2.45, 2.75) is 25.2 Å². The molecular formula is C5H8O4Si. The molecule has 0 N–H and O–H groups in total. The van der Waals surface area contributed by atoms with Gasteiger partial charge in [0.1, 0.15) is 0 Å². The molecule has 0 aromatic heterocycles. The van der Waals surface area contributed by atoms with Crippen LogP contribution < -0.4 is 0 Å². The van der Waals surface area contributed by atoms with Crippen LogP contribution in [0.25, 0.3) is 0 Å². The molecule has 1 spiro atoms. The van der Waals surface area contributed by atoms with Crippen LogP contribution in [-0.2, 0) is 18.1 Å². The van der Waals surface area contributed by atoms with Crippen molar-refractivity contribution in [1.82, 2.24) is 0 Å². The fourth-order valence-corrected chi connectivity index (χ4v) is 2.01. The molecule has 0 aromatic rings. The third kappa shape index (κ3) is 0.855. The average Bonchev–Trinajstić information content (AvgIpc) is 1.87. The van der Waals surface area contributed by atoms with Gasteiger partial charge in [-0.05, 0) is 12.8 Å². The molecule has 5 heteroatoms. The van der Waals surface area contributed by atoms with Gasteiger partial charge in [-0.2, -0.15) is 0 Å². The molecule has 0 aliphatic carbocycles. The lowest BCUT2D eigenvalue weighted by Gasteiger charge is -2.41. The first kappa shape index (κ1) is 6.30. The van der Waals surface area contributed by atoms with Crippen molar-refractivity contribution < 1.29 is 18.1 Å². The smallest absolute Gasteiger partial charge is 0.435 e. The van der Waals surface area contributed by atoms with E-state index in [1.165, 1.54) is 0 Å². The molecular weight excluding hydrogens is 152 g/mol. The molecule has 2 saturated heterocycles. The van der Waals surface area contributed by atoms with Gasteiger partial charge < -0.3 is 13.6 Å². The van der Waals surface area contributed by atoms with E-state index in [0.717, 1.165) is 12.8 Å². The van der Waals surface area contributed by atoms with Gasteiger partial charge in [0.25, 0.3) is 0 Å². The molecule has 2 aliphatic rings. The number of hydrogen-bond acceptors (Lipinski definition) is 4. The predicted molar refractivity (Wildman–Crippen MR) is 31.1 cm³/mol. The van der Waals surface area contributed by atoms with Crippen LogP contribution in [0.15, 0.2) is 0 Å². The second-order valence-corrected chi connectivity index (χ2v) is 3.35. The Kier molecular flexibility index (Phi) is 1.28. The van der Waals surface area contributed by atoms with Crippen LogP contribution in [0.5, 0.6) is 0 Å². The van der Waals surface area contributed by atoms with Crippen LogP contribution in [0.3, 0.4) is 0 Å². The summed E-state index contributed by atoms with van der Waals surface area (Å²) in [6.45, 7) is 0.648. The highest BCUT2D eigenvalue weighted by Crippen LogP contribution is 2.33. The summed E-state index contributed by atoms with van der Waals surface area (Å²) in [5, 5.41) is 0. The average molecular weight is 160 g/mol. The lowest BCUT2D eigenvalue weighted by molar-refractivity contribution is -0.388. The highest BCUT2D eigenvalue weighted by Gasteiger charge is 2.52. The van der Waals surface area contributed by atoms with Crippen molar-refractivity contribution in [2.24, 2.45) is 0 Å². The van der Waals surface area contributed by atoms with E-state index in [1.54, 1.807) is 0 Å². The topological polar surface area (TPSA) is 44.8 Å². The van der Waals surface area contributed by atoms with Crippen LogP contribution in [0.1, 0.15) is 19.3 Å². The standard InChI is InChI=1S/C5H8O4Si/c6-10-8-5(9-10)3-1-2-4-7-5/h1-4H2. The van der Waals surface area contributed by atoms with Crippen molar-refractivity contribution in [3.8, 4) is 0 Å². The zero-order valence-electron chi connectivity index (χ0n) is 5.46. The van der Waals surface area contributed by atoms with E-state index in [9.17, 15) is 4.46 Å². The van der Waals surface area contributed by atoms with Crippen molar-refractivity contribution in [3.05, 3.63) is 0 Å². The maximum absolute atomic E-state index is 10.4. The fraction of sp³-hybridized carbons (Fsp3) is 1.00. The second-order valence-electron chi connectivity index (χ2n) is 2.44. The molecule has 0 bridgehead atoms. The van der Waals surface area contributed by atoms with Crippen LogP contribution >= 0.6 is 0 Å². The first-order valence-corrected chi connectivity index (χ1v) is 4.59. The molecule has 0 radical (unpaired) electrons. The molecule has 2 rings (SSSR count). The van der Waals surface area contributed by atoms with Crippen LogP contribution in [0.2, 0.25) is 0 Å². The lowest BCUT2D eigenvalue weighted by atomic mass is 10.2. The Morgan fingerprint density at radius 2 is 2.10 bits per heavy atom. The Labute approximate surface area is 60.0 Å². The minimum absolute atomic E-state index is 0.648. The maximum atomic E-state index is 10.4.